The van der Waals surface area contributed by atoms with Gasteiger partial charge in [0.15, 0.2) is 35.7 Å². The van der Waals surface area contributed by atoms with Crippen molar-refractivity contribution in [2.75, 3.05) is 14.2 Å². The molecule has 0 saturated heterocycles. The lowest BCUT2D eigenvalue weighted by molar-refractivity contribution is -0.686. The van der Waals surface area contributed by atoms with Gasteiger partial charge in [-0.05, 0) is 70.6 Å². The van der Waals surface area contributed by atoms with Crippen LogP contribution in [0.2, 0.25) is 0 Å². The number of methoxy groups -OCH3 is 2. The molecule has 2 aliphatic rings. The molecule has 0 radical (unpaired) electrons. The van der Waals surface area contributed by atoms with Gasteiger partial charge in [-0.3, -0.25) is 0 Å². The molecule has 0 fully saturated rings. The molecule has 0 amide bonds. The number of aromatic nitrogens is 1. The third-order valence-electron chi connectivity index (χ3n) is 8.06. The van der Waals surface area contributed by atoms with Crippen molar-refractivity contribution in [3.8, 4) is 34.3 Å². The van der Waals surface area contributed by atoms with Crippen LogP contribution in [-0.4, -0.2) is 20.5 Å². The van der Waals surface area contributed by atoms with Crippen LogP contribution in [0.4, 0.5) is 0 Å². The van der Waals surface area contributed by atoms with Crippen molar-refractivity contribution in [2.45, 2.75) is 31.6 Å². The van der Waals surface area contributed by atoms with Gasteiger partial charge in [0.25, 0.3) is 0 Å². The quantitative estimate of drug-likeness (QED) is 0.175. The lowest BCUT2D eigenvalue weighted by atomic mass is 9.88. The van der Waals surface area contributed by atoms with E-state index in [4.69, 9.17) is 18.9 Å². The summed E-state index contributed by atoms with van der Waals surface area (Å²) in [6.07, 6.45) is 3.39. The van der Waals surface area contributed by atoms with E-state index in [9.17, 15) is 0 Å². The van der Waals surface area contributed by atoms with E-state index in [1.807, 2.05) is 6.07 Å². The van der Waals surface area contributed by atoms with Gasteiger partial charge < -0.3 is 42.9 Å². The van der Waals surface area contributed by atoms with Crippen LogP contribution < -0.4 is 47.5 Å². The molecule has 5 aromatic rings. The molecule has 7 rings (SSSR count). The summed E-state index contributed by atoms with van der Waals surface area (Å²) in [6, 6.07) is 27.6. The Balaban J connectivity index is 0.00000316. The number of pyridine rings is 1. The first-order valence-electron chi connectivity index (χ1n) is 13.6. The second-order valence-corrected chi connectivity index (χ2v) is 12.3. The molecule has 1 unspecified atom stereocenters. The normalized spacial score (nSPS) is 14.7. The van der Waals surface area contributed by atoms with Gasteiger partial charge in [0.2, 0.25) is 12.0 Å². The number of hydrogen-bond acceptors (Lipinski definition) is 4. The zero-order valence-electron chi connectivity index (χ0n) is 23.1. The van der Waals surface area contributed by atoms with E-state index < -0.39 is 0 Å². The Hall–Kier alpha value is -2.82. The molecule has 0 bridgehead atoms. The van der Waals surface area contributed by atoms with Gasteiger partial charge in [0.05, 0.1) is 25.2 Å². The molecule has 42 heavy (non-hydrogen) atoms. The number of nitrogens with zero attached hydrogens (tertiary/aromatic N) is 1. The van der Waals surface area contributed by atoms with Gasteiger partial charge in [0, 0.05) is 33.8 Å². The van der Waals surface area contributed by atoms with Crippen LogP contribution in [0.15, 0.2) is 94.0 Å². The van der Waals surface area contributed by atoms with Crippen molar-refractivity contribution in [2.24, 2.45) is 0 Å². The van der Waals surface area contributed by atoms with Gasteiger partial charge in [-0.2, -0.15) is 4.57 Å². The number of benzene rings is 4. The highest BCUT2D eigenvalue weighted by molar-refractivity contribution is 9.10. The second kappa shape index (κ2) is 12.1. The van der Waals surface area contributed by atoms with Crippen molar-refractivity contribution in [1.82, 2.24) is 0 Å². The summed E-state index contributed by atoms with van der Waals surface area (Å²) in [5, 5.41) is 2.14. The minimum atomic E-state index is -0.383. The third-order valence-corrected chi connectivity index (χ3v) is 9.12. The highest BCUT2D eigenvalue weighted by Crippen LogP contribution is 2.44. The van der Waals surface area contributed by atoms with E-state index in [0.717, 1.165) is 61.4 Å². The topological polar surface area (TPSA) is 40.8 Å². The Labute approximate surface area is 279 Å². The van der Waals surface area contributed by atoms with Crippen molar-refractivity contribution in [3.63, 3.8) is 0 Å². The van der Waals surface area contributed by atoms with Crippen LogP contribution in [0.1, 0.15) is 29.0 Å². The summed E-state index contributed by atoms with van der Waals surface area (Å²) < 4.78 is 28.6. The van der Waals surface area contributed by atoms with Crippen molar-refractivity contribution in [3.05, 3.63) is 111 Å². The molecule has 1 atom stereocenters. The number of hydrogen-bond donors (Lipinski definition) is 0. The summed E-state index contributed by atoms with van der Waals surface area (Å²) >= 11 is 7.14. The first-order valence-corrected chi connectivity index (χ1v) is 15.2. The van der Waals surface area contributed by atoms with Crippen LogP contribution in [0.5, 0.6) is 23.0 Å². The number of aryl methyl sites for hydroxylation is 2. The average Bonchev–Trinajstić information content (AvgIpc) is 3.39. The molecule has 3 heterocycles. The molecule has 5 nitrogen and oxygen atoms in total. The van der Waals surface area contributed by atoms with E-state index in [2.05, 4.69) is 115 Å². The Morgan fingerprint density at radius 1 is 0.833 bits per heavy atom. The highest BCUT2D eigenvalue weighted by Gasteiger charge is 2.33. The Morgan fingerprint density at radius 2 is 1.48 bits per heavy atom. The first kappa shape index (κ1) is 29.3. The monoisotopic (exact) mass is 799 g/mol. The summed E-state index contributed by atoms with van der Waals surface area (Å²) in [7, 11) is 3.35. The van der Waals surface area contributed by atoms with Crippen molar-refractivity contribution < 1.29 is 47.5 Å². The van der Waals surface area contributed by atoms with Crippen molar-refractivity contribution in [1.29, 1.82) is 0 Å². The molecule has 4 aromatic carbocycles. The zero-order chi connectivity index (χ0) is 28.1. The molecule has 1 aromatic heterocycles. The van der Waals surface area contributed by atoms with E-state index in [1.165, 1.54) is 22.3 Å². The molecular formula is C34H28Br2INO4. The van der Waals surface area contributed by atoms with Gasteiger partial charge in [0.1, 0.15) is 0 Å². The smallest absolute Gasteiger partial charge is 0.242 e. The number of ether oxygens (including phenoxy) is 4. The molecule has 2 aliphatic heterocycles. The molecule has 0 spiro atoms. The van der Waals surface area contributed by atoms with E-state index in [0.29, 0.717) is 6.42 Å². The van der Waals surface area contributed by atoms with E-state index in [1.54, 1.807) is 14.2 Å². The summed E-state index contributed by atoms with van der Waals surface area (Å²) in [5.74, 6) is 3.22. The molecule has 214 valence electrons. The van der Waals surface area contributed by atoms with Gasteiger partial charge in [-0.25, -0.2) is 0 Å². The maximum absolute atomic E-state index is 6.48. The van der Waals surface area contributed by atoms with E-state index in [-0.39, 0.29) is 36.2 Å². The fourth-order valence-electron chi connectivity index (χ4n) is 6.02. The summed E-state index contributed by atoms with van der Waals surface area (Å²) in [4.78, 5) is 0. The second-order valence-electron chi connectivity index (χ2n) is 10.4. The maximum Gasteiger partial charge on any atom is 0.242 e. The predicted molar refractivity (Wildman–Crippen MR) is 166 cm³/mol. The summed E-state index contributed by atoms with van der Waals surface area (Å²) in [6.45, 7) is 0.872. The molecule has 0 aliphatic carbocycles. The minimum Gasteiger partial charge on any atom is -1.00 e. The fraction of sp³-hybridized carbons (Fsp3) is 0.206. The Morgan fingerprint density at radius 3 is 2.10 bits per heavy atom. The third kappa shape index (κ3) is 5.37. The zero-order valence-corrected chi connectivity index (χ0v) is 28.4. The van der Waals surface area contributed by atoms with Gasteiger partial charge in [-0.1, -0.05) is 56.1 Å². The standard InChI is InChI=1S/C34H28Br2NO4.HI/c1-38-30-12-7-22-15-29-27-17-32-31(16-23(27)13-14-37(29)19-28(22)34(30)39-2)40-33(41-32)18-26(20-3-8-24(35)9-4-20)21-5-10-25(36)11-6-21;/h3-12,15-17,19,26,33H,13-14,18H2,1-2H3;1H/q+1;/p-1. The molecule has 0 saturated carbocycles. The maximum atomic E-state index is 6.48. The van der Waals surface area contributed by atoms with Crippen molar-refractivity contribution >= 4 is 42.6 Å². The largest absolute Gasteiger partial charge is 1.00 e. The van der Waals surface area contributed by atoms with Crippen LogP contribution in [0.3, 0.4) is 0 Å². The van der Waals surface area contributed by atoms with Crippen LogP contribution >= 0.6 is 31.9 Å². The van der Waals surface area contributed by atoms with Crippen LogP contribution in [0, 0.1) is 0 Å². The molecular weight excluding hydrogens is 773 g/mol. The lowest BCUT2D eigenvalue weighted by Crippen LogP contribution is -3.00. The predicted octanol–water partition coefficient (Wildman–Crippen LogP) is 5.22. The SMILES string of the molecule is COc1ccc2cc3[n+](cc2c1OC)CCc1cc2c(cc1-3)OC(CC(c1ccc(Br)cc1)c1ccc(Br)cc1)O2.[I-]. The fourth-order valence-corrected chi connectivity index (χ4v) is 6.55. The lowest BCUT2D eigenvalue weighted by Gasteiger charge is -2.21. The molecule has 0 N–H and O–H groups in total. The molecule has 8 heteroatoms. The Kier molecular flexibility index (Phi) is 8.40. The van der Waals surface area contributed by atoms with Gasteiger partial charge >= 0.3 is 0 Å². The van der Waals surface area contributed by atoms with Crippen LogP contribution in [-0.2, 0) is 13.0 Å². The van der Waals surface area contributed by atoms with Crippen LogP contribution in [0.25, 0.3) is 22.0 Å². The number of fused-ring (bicyclic) bond motifs is 5. The Bertz CT molecular complexity index is 1730. The average molecular weight is 801 g/mol. The number of rotatable bonds is 6. The first-order chi connectivity index (χ1) is 20.0. The van der Waals surface area contributed by atoms with E-state index >= 15 is 0 Å². The van der Waals surface area contributed by atoms with Gasteiger partial charge in [-0.15, -0.1) is 0 Å². The highest BCUT2D eigenvalue weighted by atomic mass is 127. The minimum absolute atomic E-state index is 0. The summed E-state index contributed by atoms with van der Waals surface area (Å²) in [5.41, 5.74) is 6.05. The number of halogens is 3.